The third kappa shape index (κ3) is 3.60. The minimum absolute atomic E-state index is 0.0855. The first-order valence-electron chi connectivity index (χ1n) is 4.17. The average Bonchev–Trinajstić information content (AvgIpc) is 2.20. The number of pyridine rings is 1. The number of allylic oxidation sites excluding steroid dienone is 1. The molecule has 0 radical (unpaired) electrons. The summed E-state index contributed by atoms with van der Waals surface area (Å²) in [6.07, 6.45) is 6.04. The van der Waals surface area contributed by atoms with Crippen LogP contribution in [0.4, 0.5) is 5.69 Å². The van der Waals surface area contributed by atoms with Gasteiger partial charge in [0.2, 0.25) is 5.15 Å². The highest BCUT2D eigenvalue weighted by atomic mass is 79.9. The number of hydrogen-bond donors (Lipinski definition) is 0. The third-order valence-corrected chi connectivity index (χ3v) is 2.37. The molecular weight excluding hydrogens is 283 g/mol. The standard InChI is InChI=1S/C9H8BrClN2O2/c10-4-2-1-3-7-5-8(13(14)15)9(11)12-6-7/h1,3,5-6H,2,4H2. The maximum atomic E-state index is 10.6. The molecule has 0 saturated heterocycles. The molecule has 0 aliphatic rings. The number of rotatable bonds is 4. The monoisotopic (exact) mass is 290 g/mol. The van der Waals surface area contributed by atoms with Gasteiger partial charge in [0.15, 0.2) is 0 Å². The Balaban J connectivity index is 2.92. The lowest BCUT2D eigenvalue weighted by Gasteiger charge is -1.96. The van der Waals surface area contributed by atoms with E-state index in [-0.39, 0.29) is 10.8 Å². The molecule has 1 heterocycles. The molecule has 0 aliphatic carbocycles. The number of alkyl halides is 1. The highest BCUT2D eigenvalue weighted by Gasteiger charge is 2.12. The molecule has 0 N–H and O–H groups in total. The van der Waals surface area contributed by atoms with Gasteiger partial charge in [-0.3, -0.25) is 10.1 Å². The number of nitro groups is 1. The van der Waals surface area contributed by atoms with Crippen LogP contribution < -0.4 is 0 Å². The lowest BCUT2D eigenvalue weighted by Crippen LogP contribution is -1.91. The lowest BCUT2D eigenvalue weighted by molar-refractivity contribution is -0.385. The van der Waals surface area contributed by atoms with E-state index in [1.807, 2.05) is 6.08 Å². The summed E-state index contributed by atoms with van der Waals surface area (Å²) >= 11 is 8.84. The van der Waals surface area contributed by atoms with Crippen LogP contribution in [0, 0.1) is 10.1 Å². The molecule has 0 saturated carbocycles. The smallest absolute Gasteiger partial charge is 0.258 e. The molecule has 4 nitrogen and oxygen atoms in total. The zero-order valence-electron chi connectivity index (χ0n) is 7.69. The summed E-state index contributed by atoms with van der Waals surface area (Å²) in [6, 6.07) is 1.40. The maximum Gasteiger partial charge on any atom is 0.307 e. The Morgan fingerprint density at radius 2 is 2.40 bits per heavy atom. The van der Waals surface area contributed by atoms with E-state index in [9.17, 15) is 10.1 Å². The van der Waals surface area contributed by atoms with Crippen LogP contribution in [0.15, 0.2) is 18.3 Å². The van der Waals surface area contributed by atoms with E-state index >= 15 is 0 Å². The summed E-state index contributed by atoms with van der Waals surface area (Å²) < 4.78 is 0. The van der Waals surface area contributed by atoms with Crippen LogP contribution in [-0.4, -0.2) is 15.2 Å². The minimum atomic E-state index is -0.544. The first-order chi connectivity index (χ1) is 7.15. The molecule has 0 aliphatic heterocycles. The predicted octanol–water partition coefficient (Wildman–Crippen LogP) is 3.44. The van der Waals surface area contributed by atoms with E-state index in [0.717, 1.165) is 11.8 Å². The van der Waals surface area contributed by atoms with Crippen molar-refractivity contribution in [1.82, 2.24) is 4.98 Å². The van der Waals surface area contributed by atoms with Crippen LogP contribution in [0.1, 0.15) is 12.0 Å². The molecule has 0 amide bonds. The largest absolute Gasteiger partial charge is 0.307 e. The summed E-state index contributed by atoms with van der Waals surface area (Å²) in [6.45, 7) is 0. The van der Waals surface area contributed by atoms with Crippen molar-refractivity contribution in [3.05, 3.63) is 39.2 Å². The second kappa shape index (κ2) is 5.82. The summed E-state index contributed by atoms with van der Waals surface area (Å²) in [5.74, 6) is 0. The number of halogens is 2. The minimum Gasteiger partial charge on any atom is -0.258 e. The van der Waals surface area contributed by atoms with Gasteiger partial charge in [0.25, 0.3) is 0 Å². The molecule has 0 aromatic carbocycles. The van der Waals surface area contributed by atoms with Crippen LogP contribution >= 0.6 is 27.5 Å². The fraction of sp³-hybridized carbons (Fsp3) is 0.222. The first kappa shape index (κ1) is 12.1. The molecule has 0 bridgehead atoms. The lowest BCUT2D eigenvalue weighted by atomic mass is 10.2. The van der Waals surface area contributed by atoms with Crippen LogP contribution in [0.2, 0.25) is 5.15 Å². The van der Waals surface area contributed by atoms with E-state index in [0.29, 0.717) is 5.56 Å². The van der Waals surface area contributed by atoms with E-state index in [1.165, 1.54) is 12.3 Å². The van der Waals surface area contributed by atoms with Crippen molar-refractivity contribution in [2.24, 2.45) is 0 Å². The zero-order valence-corrected chi connectivity index (χ0v) is 10.0. The van der Waals surface area contributed by atoms with E-state index in [1.54, 1.807) is 6.08 Å². The molecule has 1 rings (SSSR count). The quantitative estimate of drug-likeness (QED) is 0.369. The number of aromatic nitrogens is 1. The van der Waals surface area contributed by atoms with Gasteiger partial charge in [-0.05, 0) is 12.0 Å². The van der Waals surface area contributed by atoms with Gasteiger partial charge in [-0.15, -0.1) is 0 Å². The van der Waals surface area contributed by atoms with Crippen molar-refractivity contribution >= 4 is 39.3 Å². The number of nitrogens with zero attached hydrogens (tertiary/aromatic N) is 2. The molecule has 0 unspecified atom stereocenters. The zero-order chi connectivity index (χ0) is 11.3. The van der Waals surface area contributed by atoms with Crippen molar-refractivity contribution in [3.63, 3.8) is 0 Å². The highest BCUT2D eigenvalue weighted by molar-refractivity contribution is 9.09. The highest BCUT2D eigenvalue weighted by Crippen LogP contribution is 2.22. The topological polar surface area (TPSA) is 56.0 Å². The van der Waals surface area contributed by atoms with Gasteiger partial charge in [0, 0.05) is 17.6 Å². The van der Waals surface area contributed by atoms with Gasteiger partial charge in [0.1, 0.15) is 0 Å². The van der Waals surface area contributed by atoms with Gasteiger partial charge >= 0.3 is 5.69 Å². The van der Waals surface area contributed by atoms with E-state index in [2.05, 4.69) is 20.9 Å². The van der Waals surface area contributed by atoms with Gasteiger partial charge < -0.3 is 0 Å². The summed E-state index contributed by atoms with van der Waals surface area (Å²) in [7, 11) is 0. The van der Waals surface area contributed by atoms with Crippen molar-refractivity contribution in [3.8, 4) is 0 Å². The summed E-state index contributed by atoms with van der Waals surface area (Å²) in [5.41, 5.74) is 0.504. The molecule has 0 fully saturated rings. The SMILES string of the molecule is O=[N+]([O-])c1cc(C=CCCBr)cnc1Cl. The molecule has 0 atom stereocenters. The second-order valence-electron chi connectivity index (χ2n) is 2.72. The molecule has 80 valence electrons. The van der Waals surface area contributed by atoms with Crippen LogP contribution in [-0.2, 0) is 0 Å². The van der Waals surface area contributed by atoms with Crippen molar-refractivity contribution in [2.75, 3.05) is 5.33 Å². The van der Waals surface area contributed by atoms with Gasteiger partial charge in [0.05, 0.1) is 4.92 Å². The fourth-order valence-electron chi connectivity index (χ4n) is 0.954. The molecule has 15 heavy (non-hydrogen) atoms. The van der Waals surface area contributed by atoms with Crippen molar-refractivity contribution in [2.45, 2.75) is 6.42 Å². The van der Waals surface area contributed by atoms with Gasteiger partial charge in [-0.1, -0.05) is 39.7 Å². The molecule has 1 aromatic heterocycles. The van der Waals surface area contributed by atoms with Crippen LogP contribution in [0.5, 0.6) is 0 Å². The summed E-state index contributed by atoms with van der Waals surface area (Å²) in [4.78, 5) is 13.7. The normalized spacial score (nSPS) is 10.8. The molecule has 1 aromatic rings. The Morgan fingerprint density at radius 3 is 3.00 bits per heavy atom. The van der Waals surface area contributed by atoms with Gasteiger partial charge in [-0.25, -0.2) is 4.98 Å². The maximum absolute atomic E-state index is 10.6. The van der Waals surface area contributed by atoms with Crippen molar-refractivity contribution in [1.29, 1.82) is 0 Å². The number of hydrogen-bond acceptors (Lipinski definition) is 3. The first-order valence-corrected chi connectivity index (χ1v) is 5.67. The average molecular weight is 292 g/mol. The van der Waals surface area contributed by atoms with Crippen molar-refractivity contribution < 1.29 is 4.92 Å². The van der Waals surface area contributed by atoms with E-state index in [4.69, 9.17) is 11.6 Å². The summed E-state index contributed by atoms with van der Waals surface area (Å²) in [5, 5.41) is 11.3. The van der Waals surface area contributed by atoms with Crippen LogP contribution in [0.3, 0.4) is 0 Å². The molecule has 0 spiro atoms. The van der Waals surface area contributed by atoms with E-state index < -0.39 is 4.92 Å². The Bertz CT molecular complexity index is 396. The fourth-order valence-corrected chi connectivity index (χ4v) is 1.39. The Morgan fingerprint density at radius 1 is 1.67 bits per heavy atom. The Kier molecular flexibility index (Phi) is 4.71. The Labute approximate surface area is 100 Å². The van der Waals surface area contributed by atoms with Crippen LogP contribution in [0.25, 0.3) is 6.08 Å². The molecule has 6 heteroatoms. The third-order valence-electron chi connectivity index (χ3n) is 1.62. The van der Waals surface area contributed by atoms with Gasteiger partial charge in [-0.2, -0.15) is 0 Å². The molecular formula is C9H8BrClN2O2. The predicted molar refractivity (Wildman–Crippen MR) is 63.3 cm³/mol. The second-order valence-corrected chi connectivity index (χ2v) is 3.87. The Hall–Kier alpha value is -0.940.